The predicted molar refractivity (Wildman–Crippen MR) is 106 cm³/mol. The molecule has 0 unspecified atom stereocenters. The average molecular weight is 355 g/mol. The van der Waals surface area contributed by atoms with Crippen LogP contribution in [0, 0.1) is 0 Å². The Morgan fingerprint density at radius 3 is 2.69 bits per heavy atom. The van der Waals surface area contributed by atoms with Crippen molar-refractivity contribution in [1.29, 1.82) is 0 Å². The van der Waals surface area contributed by atoms with Gasteiger partial charge in [0.05, 0.1) is 12.8 Å². The lowest BCUT2D eigenvalue weighted by molar-refractivity contribution is 0.405. The van der Waals surface area contributed by atoms with Gasteiger partial charge in [-0.05, 0) is 46.0 Å². The first-order chi connectivity index (χ1) is 12.7. The van der Waals surface area contributed by atoms with Crippen LogP contribution >= 0.6 is 0 Å². The summed E-state index contributed by atoms with van der Waals surface area (Å²) in [4.78, 5) is 11.5. The van der Waals surface area contributed by atoms with Crippen LogP contribution in [0.3, 0.4) is 0 Å². The third-order valence-corrected chi connectivity index (χ3v) is 4.46. The minimum Gasteiger partial charge on any atom is -0.496 e. The molecule has 0 saturated heterocycles. The molecule has 1 aromatic heterocycles. The molecule has 2 aromatic rings. The van der Waals surface area contributed by atoms with Crippen molar-refractivity contribution < 1.29 is 4.74 Å². The largest absolute Gasteiger partial charge is 0.496 e. The smallest absolute Gasteiger partial charge is 0.224 e. The first-order valence-corrected chi connectivity index (χ1v) is 9.29. The van der Waals surface area contributed by atoms with Gasteiger partial charge in [0.25, 0.3) is 0 Å². The Hall–Kier alpha value is -2.34. The maximum Gasteiger partial charge on any atom is 0.224 e. The number of rotatable bonds is 10. The standard InChI is InChI=1S/C20H29N5O/c1-25(2)12-6-11-21-20-23-17(15-9-10-15)13-19(24-20)22-14-16-7-4-5-8-18(16)26-3/h4-5,7-8,13,15H,6,9-12,14H2,1-3H3,(H2,21,22,23,24). The van der Waals surface area contributed by atoms with Gasteiger partial charge in [0.1, 0.15) is 11.6 Å². The van der Waals surface area contributed by atoms with Crippen molar-refractivity contribution in [3.63, 3.8) is 0 Å². The summed E-state index contributed by atoms with van der Waals surface area (Å²) in [6.45, 7) is 2.59. The topological polar surface area (TPSA) is 62.3 Å². The second-order valence-electron chi connectivity index (χ2n) is 7.02. The summed E-state index contributed by atoms with van der Waals surface area (Å²) in [7, 11) is 5.87. The molecule has 1 fully saturated rings. The Morgan fingerprint density at radius 2 is 1.96 bits per heavy atom. The van der Waals surface area contributed by atoms with Crippen molar-refractivity contribution >= 4 is 11.8 Å². The van der Waals surface area contributed by atoms with E-state index in [2.05, 4.69) is 46.7 Å². The molecule has 1 saturated carbocycles. The average Bonchev–Trinajstić information content (AvgIpc) is 3.49. The first-order valence-electron chi connectivity index (χ1n) is 9.29. The lowest BCUT2D eigenvalue weighted by Crippen LogP contribution is -2.17. The minimum atomic E-state index is 0.590. The van der Waals surface area contributed by atoms with E-state index in [0.29, 0.717) is 12.5 Å². The SMILES string of the molecule is COc1ccccc1CNc1cc(C2CC2)nc(NCCCN(C)C)n1. The second-order valence-corrected chi connectivity index (χ2v) is 7.02. The van der Waals surface area contributed by atoms with E-state index < -0.39 is 0 Å². The fraction of sp³-hybridized carbons (Fsp3) is 0.500. The molecule has 0 spiro atoms. The van der Waals surface area contributed by atoms with Crippen LogP contribution in [0.25, 0.3) is 0 Å². The van der Waals surface area contributed by atoms with Crippen LogP contribution < -0.4 is 15.4 Å². The van der Waals surface area contributed by atoms with Crippen molar-refractivity contribution in [3.05, 3.63) is 41.6 Å². The normalized spacial score (nSPS) is 13.7. The van der Waals surface area contributed by atoms with Crippen molar-refractivity contribution in [3.8, 4) is 5.75 Å². The molecule has 0 aliphatic heterocycles. The van der Waals surface area contributed by atoms with Crippen LogP contribution in [-0.4, -0.2) is 49.2 Å². The molecule has 3 rings (SSSR count). The number of anilines is 2. The molecule has 6 heteroatoms. The summed E-state index contributed by atoms with van der Waals surface area (Å²) < 4.78 is 5.43. The predicted octanol–water partition coefficient (Wildman–Crippen LogP) is 3.34. The number of nitrogens with one attached hydrogen (secondary N) is 2. The third-order valence-electron chi connectivity index (χ3n) is 4.46. The zero-order valence-corrected chi connectivity index (χ0v) is 16.0. The van der Waals surface area contributed by atoms with Gasteiger partial charge in [0.2, 0.25) is 5.95 Å². The number of hydrogen-bond donors (Lipinski definition) is 2. The van der Waals surface area contributed by atoms with Crippen molar-refractivity contribution in [2.75, 3.05) is 44.9 Å². The highest BCUT2D eigenvalue weighted by Crippen LogP contribution is 2.39. The highest BCUT2D eigenvalue weighted by atomic mass is 16.5. The van der Waals surface area contributed by atoms with Gasteiger partial charge in [0.15, 0.2) is 0 Å². The van der Waals surface area contributed by atoms with Gasteiger partial charge in [-0.15, -0.1) is 0 Å². The zero-order chi connectivity index (χ0) is 18.4. The maximum atomic E-state index is 5.43. The minimum absolute atomic E-state index is 0.590. The molecule has 1 aliphatic carbocycles. The molecule has 0 atom stereocenters. The van der Waals surface area contributed by atoms with Gasteiger partial charge in [0, 0.05) is 30.6 Å². The van der Waals surface area contributed by atoms with Crippen LogP contribution in [-0.2, 0) is 6.54 Å². The van der Waals surface area contributed by atoms with Crippen LogP contribution in [0.2, 0.25) is 0 Å². The Balaban J connectivity index is 1.65. The number of aromatic nitrogens is 2. The first kappa shape index (κ1) is 18.5. The van der Waals surface area contributed by atoms with Crippen molar-refractivity contribution in [2.45, 2.75) is 31.7 Å². The Labute approximate surface area is 156 Å². The maximum absolute atomic E-state index is 5.43. The van der Waals surface area contributed by atoms with Crippen LogP contribution in [0.15, 0.2) is 30.3 Å². The molecule has 26 heavy (non-hydrogen) atoms. The van der Waals surface area contributed by atoms with E-state index in [9.17, 15) is 0 Å². The summed E-state index contributed by atoms with van der Waals surface area (Å²) in [6, 6.07) is 10.1. The summed E-state index contributed by atoms with van der Waals surface area (Å²) in [6.07, 6.45) is 3.51. The molecule has 1 aliphatic rings. The van der Waals surface area contributed by atoms with Gasteiger partial charge >= 0.3 is 0 Å². The number of methoxy groups -OCH3 is 1. The van der Waals surface area contributed by atoms with Gasteiger partial charge in [-0.1, -0.05) is 18.2 Å². The fourth-order valence-corrected chi connectivity index (χ4v) is 2.85. The highest BCUT2D eigenvalue weighted by molar-refractivity contribution is 5.45. The number of nitrogens with zero attached hydrogens (tertiary/aromatic N) is 3. The van der Waals surface area contributed by atoms with Crippen molar-refractivity contribution in [2.24, 2.45) is 0 Å². The molecular formula is C20H29N5O. The molecule has 6 nitrogen and oxygen atoms in total. The molecule has 0 amide bonds. The zero-order valence-electron chi connectivity index (χ0n) is 16.0. The molecule has 1 aromatic carbocycles. The van der Waals surface area contributed by atoms with E-state index in [1.807, 2.05) is 18.2 Å². The Bertz CT molecular complexity index is 715. The Morgan fingerprint density at radius 1 is 1.15 bits per heavy atom. The van der Waals surface area contributed by atoms with E-state index in [4.69, 9.17) is 9.72 Å². The van der Waals surface area contributed by atoms with Gasteiger partial charge < -0.3 is 20.3 Å². The molecule has 0 bridgehead atoms. The second kappa shape index (κ2) is 8.85. The fourth-order valence-electron chi connectivity index (χ4n) is 2.85. The number of ether oxygens (including phenoxy) is 1. The molecule has 140 valence electrons. The lowest BCUT2D eigenvalue weighted by atomic mass is 10.2. The van der Waals surface area contributed by atoms with Gasteiger partial charge in [-0.2, -0.15) is 4.98 Å². The third kappa shape index (κ3) is 5.33. The molecular weight excluding hydrogens is 326 g/mol. The summed E-state index contributed by atoms with van der Waals surface area (Å²) in [5.41, 5.74) is 2.25. The van der Waals surface area contributed by atoms with Gasteiger partial charge in [-0.3, -0.25) is 0 Å². The van der Waals surface area contributed by atoms with Crippen molar-refractivity contribution in [1.82, 2.24) is 14.9 Å². The Kier molecular flexibility index (Phi) is 6.28. The van der Waals surface area contributed by atoms with E-state index in [1.165, 1.54) is 12.8 Å². The number of para-hydroxylation sites is 1. The summed E-state index contributed by atoms with van der Waals surface area (Å²) in [5, 5.41) is 6.80. The summed E-state index contributed by atoms with van der Waals surface area (Å²) >= 11 is 0. The highest BCUT2D eigenvalue weighted by Gasteiger charge is 2.26. The van der Waals surface area contributed by atoms with E-state index in [0.717, 1.165) is 48.3 Å². The van der Waals surface area contributed by atoms with E-state index in [-0.39, 0.29) is 0 Å². The van der Waals surface area contributed by atoms with E-state index >= 15 is 0 Å². The molecule has 1 heterocycles. The van der Waals surface area contributed by atoms with Crippen LogP contribution in [0.1, 0.15) is 36.4 Å². The van der Waals surface area contributed by atoms with E-state index in [1.54, 1.807) is 7.11 Å². The monoisotopic (exact) mass is 355 g/mol. The number of benzene rings is 1. The quantitative estimate of drug-likeness (QED) is 0.638. The van der Waals surface area contributed by atoms with Crippen LogP contribution in [0.5, 0.6) is 5.75 Å². The lowest BCUT2D eigenvalue weighted by Gasteiger charge is -2.13. The van der Waals surface area contributed by atoms with Crippen LogP contribution in [0.4, 0.5) is 11.8 Å². The molecule has 0 radical (unpaired) electrons. The summed E-state index contributed by atoms with van der Waals surface area (Å²) in [5.74, 6) is 3.06. The van der Waals surface area contributed by atoms with Gasteiger partial charge in [-0.25, -0.2) is 4.98 Å². The number of hydrogen-bond acceptors (Lipinski definition) is 6. The molecule has 2 N–H and O–H groups in total.